The molecule has 0 bridgehead atoms. The Morgan fingerprint density at radius 1 is 1.26 bits per heavy atom. The Morgan fingerprint density at radius 2 is 1.96 bits per heavy atom. The maximum Gasteiger partial charge on any atom is 0.338 e. The largest absolute Gasteiger partial charge is 0.497 e. The Bertz CT molecular complexity index is 711. The first-order valence-corrected chi connectivity index (χ1v) is 9.15. The smallest absolute Gasteiger partial charge is 0.338 e. The lowest BCUT2D eigenvalue weighted by atomic mass is 9.95. The van der Waals surface area contributed by atoms with Crippen molar-refractivity contribution >= 4 is 12.0 Å². The first kappa shape index (κ1) is 19.2. The average Bonchev–Trinajstić information content (AvgIpc) is 2.68. The molecule has 8 heteroatoms. The number of esters is 1. The first-order chi connectivity index (χ1) is 13.1. The van der Waals surface area contributed by atoms with Crippen molar-refractivity contribution in [2.45, 2.75) is 13.0 Å². The van der Waals surface area contributed by atoms with Gasteiger partial charge in [-0.15, -0.1) is 0 Å². The number of benzene rings is 1. The van der Waals surface area contributed by atoms with E-state index in [0.717, 1.165) is 18.7 Å². The third-order valence-corrected chi connectivity index (χ3v) is 4.72. The number of carbonyl (C=O) groups is 2. The molecular formula is C19H26N3O5+. The number of ether oxygens (including phenoxy) is 3. The van der Waals surface area contributed by atoms with Crippen LogP contribution in [0.5, 0.6) is 5.75 Å². The molecule has 2 aliphatic heterocycles. The van der Waals surface area contributed by atoms with Crippen LogP contribution in [0.25, 0.3) is 0 Å². The van der Waals surface area contributed by atoms with Crippen LogP contribution in [-0.2, 0) is 14.3 Å². The van der Waals surface area contributed by atoms with Crippen LogP contribution in [-0.4, -0.2) is 58.6 Å². The second-order valence-corrected chi connectivity index (χ2v) is 6.46. The van der Waals surface area contributed by atoms with Crippen LogP contribution in [0.2, 0.25) is 0 Å². The number of urea groups is 1. The molecule has 0 radical (unpaired) electrons. The van der Waals surface area contributed by atoms with Gasteiger partial charge in [0.15, 0.2) is 0 Å². The highest BCUT2D eigenvalue weighted by atomic mass is 16.5. The lowest BCUT2D eigenvalue weighted by Crippen LogP contribution is -3.14. The van der Waals surface area contributed by atoms with Crippen LogP contribution in [0.3, 0.4) is 0 Å². The van der Waals surface area contributed by atoms with E-state index in [1.165, 1.54) is 4.90 Å². The number of carbonyl (C=O) groups excluding carboxylic acids is 2. The topological polar surface area (TPSA) is 90.3 Å². The van der Waals surface area contributed by atoms with E-state index < -0.39 is 12.0 Å². The fourth-order valence-electron chi connectivity index (χ4n) is 3.34. The summed E-state index contributed by atoms with van der Waals surface area (Å²) in [4.78, 5) is 26.3. The number of methoxy groups -OCH3 is 1. The highest BCUT2D eigenvalue weighted by Gasteiger charge is 2.35. The van der Waals surface area contributed by atoms with E-state index in [1.54, 1.807) is 26.2 Å². The quantitative estimate of drug-likeness (QED) is 0.598. The Hall–Kier alpha value is -2.58. The van der Waals surface area contributed by atoms with E-state index in [1.807, 2.05) is 12.1 Å². The average molecular weight is 376 g/mol. The molecule has 3 rings (SSSR count). The van der Waals surface area contributed by atoms with Gasteiger partial charge in [-0.3, -0.25) is 0 Å². The molecule has 8 nitrogen and oxygen atoms in total. The molecule has 1 aromatic carbocycles. The van der Waals surface area contributed by atoms with Gasteiger partial charge in [-0.2, -0.15) is 0 Å². The molecule has 2 heterocycles. The van der Waals surface area contributed by atoms with Gasteiger partial charge >= 0.3 is 12.0 Å². The molecule has 3 N–H and O–H groups in total. The van der Waals surface area contributed by atoms with E-state index in [0.29, 0.717) is 36.8 Å². The molecule has 146 valence electrons. The van der Waals surface area contributed by atoms with Gasteiger partial charge in [-0.1, -0.05) is 12.1 Å². The fraction of sp³-hybridized carbons (Fsp3) is 0.474. The summed E-state index contributed by atoms with van der Waals surface area (Å²) in [7, 11) is 1.59. The third kappa shape index (κ3) is 4.58. The number of hydrogen-bond donors (Lipinski definition) is 3. The monoisotopic (exact) mass is 376 g/mol. The fourth-order valence-corrected chi connectivity index (χ4v) is 3.34. The summed E-state index contributed by atoms with van der Waals surface area (Å²) in [6.07, 6.45) is 0. The van der Waals surface area contributed by atoms with Crippen molar-refractivity contribution in [1.29, 1.82) is 0 Å². The van der Waals surface area contributed by atoms with Crippen molar-refractivity contribution in [2.75, 3.05) is 46.6 Å². The van der Waals surface area contributed by atoms with E-state index in [4.69, 9.17) is 14.2 Å². The van der Waals surface area contributed by atoms with Crippen molar-refractivity contribution in [3.8, 4) is 5.75 Å². The third-order valence-electron chi connectivity index (χ3n) is 4.72. The zero-order valence-corrected chi connectivity index (χ0v) is 15.7. The molecule has 1 fully saturated rings. The van der Waals surface area contributed by atoms with Gasteiger partial charge < -0.3 is 29.7 Å². The summed E-state index contributed by atoms with van der Waals surface area (Å²) in [5, 5.41) is 5.66. The Labute approximate surface area is 158 Å². The minimum absolute atomic E-state index is 0.267. The lowest BCUT2D eigenvalue weighted by Gasteiger charge is -2.31. The van der Waals surface area contributed by atoms with Crippen molar-refractivity contribution in [1.82, 2.24) is 10.6 Å². The Balaban J connectivity index is 1.95. The van der Waals surface area contributed by atoms with Gasteiger partial charge in [0.1, 0.15) is 25.4 Å². The van der Waals surface area contributed by atoms with Gasteiger partial charge in [0.05, 0.1) is 44.2 Å². The van der Waals surface area contributed by atoms with Crippen LogP contribution in [0, 0.1) is 0 Å². The zero-order valence-electron chi connectivity index (χ0n) is 15.7. The molecule has 2 aliphatic rings. The van der Waals surface area contributed by atoms with Crippen LogP contribution in [0.1, 0.15) is 18.5 Å². The standard InChI is InChI=1S/C19H25N3O5/c1-3-27-18(23)16-15(12-22-8-10-26-11-9-22)20-19(24)21-17(16)13-4-6-14(25-2)7-5-13/h4-7,17H,3,8-12H2,1-2H3,(H2,20,21,24)/p+1/t17-/m1/s1. The van der Waals surface area contributed by atoms with Gasteiger partial charge in [0, 0.05) is 0 Å². The predicted molar refractivity (Wildman–Crippen MR) is 97.4 cm³/mol. The zero-order chi connectivity index (χ0) is 19.2. The SMILES string of the molecule is CCOC(=O)C1=C(C[NH+]2CCOCC2)NC(=O)N[C@@H]1c1ccc(OC)cc1. The van der Waals surface area contributed by atoms with E-state index in [2.05, 4.69) is 10.6 Å². The molecular weight excluding hydrogens is 350 g/mol. The van der Waals surface area contributed by atoms with Gasteiger partial charge in [-0.25, -0.2) is 9.59 Å². The van der Waals surface area contributed by atoms with Crippen molar-refractivity contribution < 1.29 is 28.7 Å². The number of amides is 2. The Morgan fingerprint density at radius 3 is 2.59 bits per heavy atom. The summed E-state index contributed by atoms with van der Waals surface area (Å²) < 4.78 is 15.9. The number of rotatable bonds is 6. The molecule has 0 aliphatic carbocycles. The molecule has 0 unspecified atom stereocenters. The normalized spacial score (nSPS) is 20.7. The maximum atomic E-state index is 12.7. The first-order valence-electron chi connectivity index (χ1n) is 9.15. The molecule has 0 saturated carbocycles. The number of morpholine rings is 1. The van der Waals surface area contributed by atoms with Crippen molar-refractivity contribution in [3.63, 3.8) is 0 Å². The maximum absolute atomic E-state index is 12.7. The van der Waals surface area contributed by atoms with Crippen molar-refractivity contribution in [3.05, 3.63) is 41.1 Å². The minimum Gasteiger partial charge on any atom is -0.497 e. The summed E-state index contributed by atoms with van der Waals surface area (Å²) in [5.41, 5.74) is 1.85. The summed E-state index contributed by atoms with van der Waals surface area (Å²) in [6, 6.07) is 6.39. The highest BCUT2D eigenvalue weighted by molar-refractivity contribution is 5.95. The van der Waals surface area contributed by atoms with Gasteiger partial charge in [-0.05, 0) is 24.6 Å². The van der Waals surface area contributed by atoms with E-state index >= 15 is 0 Å². The molecule has 1 atom stereocenters. The second kappa shape index (κ2) is 8.88. The molecule has 2 amide bonds. The lowest BCUT2D eigenvalue weighted by molar-refractivity contribution is -0.903. The summed E-state index contributed by atoms with van der Waals surface area (Å²) in [6.45, 7) is 5.58. The van der Waals surface area contributed by atoms with Gasteiger partial charge in [0.2, 0.25) is 0 Å². The molecule has 1 aromatic rings. The number of quaternary nitrogens is 1. The second-order valence-electron chi connectivity index (χ2n) is 6.46. The van der Waals surface area contributed by atoms with Gasteiger partial charge in [0.25, 0.3) is 0 Å². The summed E-state index contributed by atoms with van der Waals surface area (Å²) >= 11 is 0. The predicted octanol–water partition coefficient (Wildman–Crippen LogP) is -0.219. The molecule has 0 aromatic heterocycles. The molecule has 1 saturated heterocycles. The van der Waals surface area contributed by atoms with E-state index in [9.17, 15) is 9.59 Å². The summed E-state index contributed by atoms with van der Waals surface area (Å²) in [5.74, 6) is 0.284. The highest BCUT2D eigenvalue weighted by Crippen LogP contribution is 2.28. The number of hydrogen-bond acceptors (Lipinski definition) is 5. The van der Waals surface area contributed by atoms with Crippen LogP contribution >= 0.6 is 0 Å². The number of nitrogens with one attached hydrogen (secondary N) is 3. The van der Waals surface area contributed by atoms with Crippen molar-refractivity contribution in [2.24, 2.45) is 0 Å². The van der Waals surface area contributed by atoms with E-state index in [-0.39, 0.29) is 12.6 Å². The van der Waals surface area contributed by atoms with Crippen LogP contribution < -0.4 is 20.3 Å². The Kier molecular flexibility index (Phi) is 6.31. The van der Waals surface area contributed by atoms with Crippen LogP contribution in [0.4, 0.5) is 4.79 Å². The molecule has 0 spiro atoms. The minimum atomic E-state index is -0.570. The van der Waals surface area contributed by atoms with Crippen LogP contribution in [0.15, 0.2) is 35.5 Å². The molecule has 27 heavy (non-hydrogen) atoms.